The lowest BCUT2D eigenvalue weighted by Crippen LogP contribution is -2.29. The SMILES string of the molecule is COc1cc(C#N)ccc1OCCCC(=O)N(C)Cc1nccn1CC(F)(F)F. The van der Waals surface area contributed by atoms with E-state index in [1.54, 1.807) is 18.2 Å². The normalized spacial score (nSPS) is 11.0. The van der Waals surface area contributed by atoms with E-state index < -0.39 is 12.7 Å². The van der Waals surface area contributed by atoms with Crippen LogP contribution in [0, 0.1) is 11.3 Å². The number of hydrogen-bond donors (Lipinski definition) is 0. The maximum atomic E-state index is 12.6. The minimum atomic E-state index is -4.36. The molecule has 0 aliphatic heterocycles. The first-order chi connectivity index (χ1) is 13.7. The fourth-order valence-corrected chi connectivity index (χ4v) is 2.58. The third-order valence-corrected chi connectivity index (χ3v) is 4.04. The second-order valence-corrected chi connectivity index (χ2v) is 6.27. The van der Waals surface area contributed by atoms with Gasteiger partial charge in [-0.3, -0.25) is 4.79 Å². The Kier molecular flexibility index (Phi) is 7.47. The number of amides is 1. The fourth-order valence-electron chi connectivity index (χ4n) is 2.58. The molecule has 0 radical (unpaired) electrons. The molecule has 1 heterocycles. The molecule has 1 aromatic heterocycles. The van der Waals surface area contributed by atoms with Crippen LogP contribution in [0.15, 0.2) is 30.6 Å². The van der Waals surface area contributed by atoms with Crippen molar-refractivity contribution in [3.05, 3.63) is 42.0 Å². The van der Waals surface area contributed by atoms with Crippen LogP contribution in [0.4, 0.5) is 13.2 Å². The van der Waals surface area contributed by atoms with Gasteiger partial charge in [0, 0.05) is 31.9 Å². The Labute approximate surface area is 166 Å². The zero-order chi connectivity index (χ0) is 21.4. The maximum absolute atomic E-state index is 12.6. The van der Waals surface area contributed by atoms with Gasteiger partial charge in [-0.15, -0.1) is 0 Å². The Bertz CT molecular complexity index is 874. The number of nitriles is 1. The molecule has 2 rings (SSSR count). The fraction of sp³-hybridized carbons (Fsp3) is 0.421. The molecule has 0 bridgehead atoms. The third-order valence-electron chi connectivity index (χ3n) is 4.04. The monoisotopic (exact) mass is 410 g/mol. The van der Waals surface area contributed by atoms with Crippen LogP contribution in [0.25, 0.3) is 0 Å². The smallest absolute Gasteiger partial charge is 0.406 e. The van der Waals surface area contributed by atoms with Gasteiger partial charge in [0.1, 0.15) is 12.4 Å². The van der Waals surface area contributed by atoms with Crippen molar-refractivity contribution in [3.8, 4) is 17.6 Å². The van der Waals surface area contributed by atoms with Gasteiger partial charge < -0.3 is 18.9 Å². The largest absolute Gasteiger partial charge is 0.493 e. The van der Waals surface area contributed by atoms with Gasteiger partial charge in [-0.05, 0) is 18.6 Å². The van der Waals surface area contributed by atoms with Crippen LogP contribution in [-0.2, 0) is 17.9 Å². The van der Waals surface area contributed by atoms with E-state index in [0.717, 1.165) is 4.57 Å². The number of methoxy groups -OCH3 is 1. The molecule has 0 aliphatic rings. The number of rotatable bonds is 9. The van der Waals surface area contributed by atoms with Gasteiger partial charge in [0.25, 0.3) is 0 Å². The molecular formula is C19H21F3N4O3. The number of hydrogen-bond acceptors (Lipinski definition) is 5. The van der Waals surface area contributed by atoms with Crippen LogP contribution in [0.1, 0.15) is 24.2 Å². The topological polar surface area (TPSA) is 80.4 Å². The lowest BCUT2D eigenvalue weighted by atomic mass is 10.2. The highest BCUT2D eigenvalue weighted by atomic mass is 19.4. The van der Waals surface area contributed by atoms with Crippen LogP contribution < -0.4 is 9.47 Å². The van der Waals surface area contributed by atoms with Crippen molar-refractivity contribution < 1.29 is 27.4 Å². The summed E-state index contributed by atoms with van der Waals surface area (Å²) >= 11 is 0. The molecule has 156 valence electrons. The highest BCUT2D eigenvalue weighted by Gasteiger charge is 2.29. The van der Waals surface area contributed by atoms with Gasteiger partial charge in [-0.2, -0.15) is 18.4 Å². The average molecular weight is 410 g/mol. The highest BCUT2D eigenvalue weighted by Crippen LogP contribution is 2.28. The number of ether oxygens (including phenoxy) is 2. The molecule has 0 saturated heterocycles. The number of imidazole rings is 1. The van der Waals surface area contributed by atoms with Crippen molar-refractivity contribution in [2.24, 2.45) is 0 Å². The van der Waals surface area contributed by atoms with Gasteiger partial charge in [-0.1, -0.05) is 0 Å². The van der Waals surface area contributed by atoms with Crippen LogP contribution in [0.3, 0.4) is 0 Å². The lowest BCUT2D eigenvalue weighted by molar-refractivity contribution is -0.141. The first kappa shape index (κ1) is 22.1. The number of aromatic nitrogens is 2. The van der Waals surface area contributed by atoms with Crippen LogP contribution in [0.5, 0.6) is 11.5 Å². The Morgan fingerprint density at radius 1 is 1.34 bits per heavy atom. The van der Waals surface area contributed by atoms with E-state index in [-0.39, 0.29) is 31.3 Å². The van der Waals surface area contributed by atoms with Crippen LogP contribution in [0.2, 0.25) is 0 Å². The van der Waals surface area contributed by atoms with E-state index in [2.05, 4.69) is 4.98 Å². The first-order valence-electron chi connectivity index (χ1n) is 8.75. The van der Waals surface area contributed by atoms with Crippen molar-refractivity contribution in [1.82, 2.24) is 14.5 Å². The van der Waals surface area contributed by atoms with Crippen molar-refractivity contribution in [3.63, 3.8) is 0 Å². The third kappa shape index (κ3) is 6.71. The number of benzene rings is 1. The Morgan fingerprint density at radius 2 is 2.10 bits per heavy atom. The molecular weight excluding hydrogens is 389 g/mol. The summed E-state index contributed by atoms with van der Waals surface area (Å²) in [7, 11) is 2.98. The van der Waals surface area contributed by atoms with Gasteiger partial charge in [0.15, 0.2) is 11.5 Å². The number of nitrogens with zero attached hydrogens (tertiary/aromatic N) is 4. The molecule has 0 saturated carbocycles. The molecule has 0 fully saturated rings. The molecule has 29 heavy (non-hydrogen) atoms. The minimum Gasteiger partial charge on any atom is -0.493 e. The van der Waals surface area contributed by atoms with Gasteiger partial charge in [0.05, 0.1) is 31.9 Å². The van der Waals surface area contributed by atoms with E-state index >= 15 is 0 Å². The van der Waals surface area contributed by atoms with E-state index in [1.165, 1.54) is 31.5 Å². The van der Waals surface area contributed by atoms with E-state index in [4.69, 9.17) is 14.7 Å². The summed E-state index contributed by atoms with van der Waals surface area (Å²) in [4.78, 5) is 17.5. The Morgan fingerprint density at radius 3 is 2.76 bits per heavy atom. The molecule has 2 aromatic rings. The second kappa shape index (κ2) is 9.82. The van der Waals surface area contributed by atoms with Gasteiger partial charge in [-0.25, -0.2) is 4.98 Å². The number of carbonyl (C=O) groups is 1. The zero-order valence-electron chi connectivity index (χ0n) is 16.1. The maximum Gasteiger partial charge on any atom is 0.406 e. The number of alkyl halides is 3. The summed E-state index contributed by atoms with van der Waals surface area (Å²) in [6.45, 7) is -0.929. The van der Waals surface area contributed by atoms with Crippen molar-refractivity contribution >= 4 is 5.91 Å². The molecule has 7 nitrogen and oxygen atoms in total. The summed E-state index contributed by atoms with van der Waals surface area (Å²) in [6.07, 6.45) is -1.28. The average Bonchev–Trinajstić information content (AvgIpc) is 3.09. The molecule has 0 unspecified atom stereocenters. The van der Waals surface area contributed by atoms with Gasteiger partial charge >= 0.3 is 6.18 Å². The van der Waals surface area contributed by atoms with Crippen molar-refractivity contribution in [1.29, 1.82) is 5.26 Å². The first-order valence-corrected chi connectivity index (χ1v) is 8.75. The van der Waals surface area contributed by atoms with Gasteiger partial charge in [0.2, 0.25) is 5.91 Å². The summed E-state index contributed by atoms with van der Waals surface area (Å²) in [5.41, 5.74) is 0.440. The summed E-state index contributed by atoms with van der Waals surface area (Å²) < 4.78 is 49.4. The molecule has 1 amide bonds. The summed E-state index contributed by atoms with van der Waals surface area (Å²) in [5.74, 6) is 0.809. The van der Waals surface area contributed by atoms with Crippen molar-refractivity contribution in [2.75, 3.05) is 20.8 Å². The zero-order valence-corrected chi connectivity index (χ0v) is 16.1. The van der Waals surface area contributed by atoms with E-state index in [9.17, 15) is 18.0 Å². The minimum absolute atomic E-state index is 0.0216. The highest BCUT2D eigenvalue weighted by molar-refractivity contribution is 5.75. The summed E-state index contributed by atoms with van der Waals surface area (Å²) in [5, 5.41) is 8.89. The Balaban J connectivity index is 1.81. The van der Waals surface area contributed by atoms with Crippen molar-refractivity contribution in [2.45, 2.75) is 32.1 Å². The lowest BCUT2D eigenvalue weighted by Gasteiger charge is -2.18. The second-order valence-electron chi connectivity index (χ2n) is 6.27. The van der Waals surface area contributed by atoms with E-state index in [1.807, 2.05) is 6.07 Å². The van der Waals surface area contributed by atoms with E-state index in [0.29, 0.717) is 23.5 Å². The standard InChI is InChI=1S/C19H21F3N4O3/c1-25(12-17-24-7-8-26(17)13-19(20,21)22)18(27)4-3-9-29-15-6-5-14(11-23)10-16(15)28-2/h5-8,10H,3-4,9,12-13H2,1-2H3. The predicted octanol–water partition coefficient (Wildman–Crippen LogP) is 3.14. The molecule has 0 spiro atoms. The number of halogens is 3. The quantitative estimate of drug-likeness (QED) is 0.594. The Hall–Kier alpha value is -3.22. The molecule has 1 aromatic carbocycles. The van der Waals surface area contributed by atoms with Crippen LogP contribution >= 0.6 is 0 Å². The number of carbonyl (C=O) groups excluding carboxylic acids is 1. The molecule has 0 N–H and O–H groups in total. The molecule has 10 heteroatoms. The predicted molar refractivity (Wildman–Crippen MR) is 97.2 cm³/mol. The summed E-state index contributed by atoms with van der Waals surface area (Å²) in [6, 6.07) is 6.77. The molecule has 0 aliphatic carbocycles. The van der Waals surface area contributed by atoms with Crippen LogP contribution in [-0.4, -0.2) is 47.3 Å². The molecule has 0 atom stereocenters.